The standard InChI is InChI=1S/C8H11N5O2/c1-5-3-10-7(14-5)4-11-8-13-12-6(2-9)15-8/h3H,2,4,9H2,1H3,(H,11,13). The molecule has 0 spiro atoms. The fourth-order valence-corrected chi connectivity index (χ4v) is 1.04. The predicted octanol–water partition coefficient (Wildman–Crippen LogP) is 0.437. The average Bonchev–Trinajstić information content (AvgIpc) is 2.83. The maximum atomic E-state index is 5.32. The molecule has 0 aliphatic carbocycles. The van der Waals surface area contributed by atoms with Crippen molar-refractivity contribution in [3.8, 4) is 0 Å². The van der Waals surface area contributed by atoms with E-state index in [1.54, 1.807) is 6.20 Å². The van der Waals surface area contributed by atoms with Gasteiger partial charge in [0.1, 0.15) is 5.76 Å². The summed E-state index contributed by atoms with van der Waals surface area (Å²) in [7, 11) is 0. The molecule has 3 N–H and O–H groups in total. The zero-order valence-corrected chi connectivity index (χ0v) is 8.23. The Kier molecular flexibility index (Phi) is 2.64. The van der Waals surface area contributed by atoms with Crippen LogP contribution < -0.4 is 11.1 Å². The van der Waals surface area contributed by atoms with Gasteiger partial charge in [0.15, 0.2) is 0 Å². The second-order valence-corrected chi connectivity index (χ2v) is 2.92. The highest BCUT2D eigenvalue weighted by atomic mass is 16.4. The Bertz CT molecular complexity index is 436. The molecule has 0 saturated heterocycles. The summed E-state index contributed by atoms with van der Waals surface area (Å²) < 4.78 is 10.4. The van der Waals surface area contributed by atoms with Crippen LogP contribution in [0.1, 0.15) is 17.5 Å². The zero-order valence-electron chi connectivity index (χ0n) is 8.23. The second kappa shape index (κ2) is 4.09. The summed E-state index contributed by atoms with van der Waals surface area (Å²) in [5.41, 5.74) is 5.32. The Morgan fingerprint density at radius 2 is 2.20 bits per heavy atom. The van der Waals surface area contributed by atoms with E-state index < -0.39 is 0 Å². The smallest absolute Gasteiger partial charge is 0.315 e. The molecular formula is C8H11N5O2. The van der Waals surface area contributed by atoms with Crippen LogP contribution in [0.5, 0.6) is 0 Å². The first kappa shape index (κ1) is 9.66. The van der Waals surface area contributed by atoms with E-state index in [-0.39, 0.29) is 6.54 Å². The summed E-state index contributed by atoms with van der Waals surface area (Å²) in [4.78, 5) is 4.01. The fourth-order valence-electron chi connectivity index (χ4n) is 1.04. The Labute approximate surface area is 85.7 Å². The minimum atomic E-state index is 0.229. The van der Waals surface area contributed by atoms with Crippen molar-refractivity contribution >= 4 is 6.01 Å². The van der Waals surface area contributed by atoms with Crippen molar-refractivity contribution in [2.75, 3.05) is 5.32 Å². The summed E-state index contributed by atoms with van der Waals surface area (Å²) >= 11 is 0. The molecule has 2 heterocycles. The van der Waals surface area contributed by atoms with Crippen LogP contribution in [0.2, 0.25) is 0 Å². The molecule has 0 aliphatic rings. The molecule has 7 heteroatoms. The minimum absolute atomic E-state index is 0.229. The van der Waals surface area contributed by atoms with E-state index in [4.69, 9.17) is 14.6 Å². The molecule has 0 amide bonds. The first-order valence-corrected chi connectivity index (χ1v) is 4.45. The normalized spacial score (nSPS) is 10.5. The Morgan fingerprint density at radius 3 is 2.80 bits per heavy atom. The van der Waals surface area contributed by atoms with Crippen molar-refractivity contribution in [1.82, 2.24) is 15.2 Å². The highest BCUT2D eigenvalue weighted by Gasteiger charge is 2.05. The summed E-state index contributed by atoms with van der Waals surface area (Å²) in [5, 5.41) is 10.3. The van der Waals surface area contributed by atoms with Gasteiger partial charge in [0.25, 0.3) is 0 Å². The molecule has 0 atom stereocenters. The molecule has 0 fully saturated rings. The van der Waals surface area contributed by atoms with Gasteiger partial charge in [-0.05, 0) is 6.92 Å². The molecule has 0 unspecified atom stereocenters. The number of nitrogens with two attached hydrogens (primary N) is 1. The Morgan fingerprint density at radius 1 is 1.33 bits per heavy atom. The van der Waals surface area contributed by atoms with Gasteiger partial charge in [-0.2, -0.15) is 0 Å². The summed E-state index contributed by atoms with van der Waals surface area (Å²) in [5.74, 6) is 1.72. The van der Waals surface area contributed by atoms with Crippen LogP contribution in [0.3, 0.4) is 0 Å². The summed E-state index contributed by atoms with van der Waals surface area (Å²) in [6, 6.07) is 0.311. The SMILES string of the molecule is Cc1cnc(CNc2nnc(CN)o2)o1. The molecule has 80 valence electrons. The third-order valence-electron chi connectivity index (χ3n) is 1.70. The summed E-state index contributed by atoms with van der Waals surface area (Å²) in [6.07, 6.45) is 1.65. The number of aromatic nitrogens is 3. The number of hydrogen-bond acceptors (Lipinski definition) is 7. The lowest BCUT2D eigenvalue weighted by molar-refractivity contribution is 0.469. The maximum absolute atomic E-state index is 5.32. The average molecular weight is 209 g/mol. The second-order valence-electron chi connectivity index (χ2n) is 2.92. The number of rotatable bonds is 4. The van der Waals surface area contributed by atoms with E-state index >= 15 is 0 Å². The Balaban J connectivity index is 1.93. The first-order chi connectivity index (χ1) is 7.28. The molecule has 0 bridgehead atoms. The van der Waals surface area contributed by atoms with Crippen molar-refractivity contribution in [3.63, 3.8) is 0 Å². The van der Waals surface area contributed by atoms with Crippen LogP contribution in [-0.4, -0.2) is 15.2 Å². The van der Waals surface area contributed by atoms with Crippen molar-refractivity contribution in [2.45, 2.75) is 20.0 Å². The van der Waals surface area contributed by atoms with Gasteiger partial charge in [0.05, 0.1) is 19.3 Å². The largest absolute Gasteiger partial charge is 0.444 e. The van der Waals surface area contributed by atoms with Gasteiger partial charge < -0.3 is 19.9 Å². The quantitative estimate of drug-likeness (QED) is 0.752. The third-order valence-corrected chi connectivity index (χ3v) is 1.70. The van der Waals surface area contributed by atoms with Gasteiger partial charge >= 0.3 is 6.01 Å². The van der Waals surface area contributed by atoms with Gasteiger partial charge in [0.2, 0.25) is 11.8 Å². The molecule has 15 heavy (non-hydrogen) atoms. The van der Waals surface area contributed by atoms with E-state index in [2.05, 4.69) is 20.5 Å². The maximum Gasteiger partial charge on any atom is 0.315 e. The predicted molar refractivity (Wildman–Crippen MR) is 50.8 cm³/mol. The van der Waals surface area contributed by atoms with E-state index in [9.17, 15) is 0 Å². The fraction of sp³-hybridized carbons (Fsp3) is 0.375. The highest BCUT2D eigenvalue weighted by molar-refractivity contribution is 5.17. The van der Waals surface area contributed by atoms with E-state index in [0.29, 0.717) is 24.3 Å². The van der Waals surface area contributed by atoms with Crippen molar-refractivity contribution in [3.05, 3.63) is 23.7 Å². The molecular weight excluding hydrogens is 198 g/mol. The number of oxazole rings is 1. The van der Waals surface area contributed by atoms with Crippen LogP contribution in [-0.2, 0) is 13.1 Å². The topological polar surface area (TPSA) is 103 Å². The molecule has 2 aromatic rings. The zero-order chi connectivity index (χ0) is 10.7. The lowest BCUT2D eigenvalue weighted by Crippen LogP contribution is -1.99. The minimum Gasteiger partial charge on any atom is -0.444 e. The number of nitrogens with one attached hydrogen (secondary N) is 1. The van der Waals surface area contributed by atoms with Crippen LogP contribution in [0, 0.1) is 6.92 Å². The van der Waals surface area contributed by atoms with Crippen LogP contribution in [0.25, 0.3) is 0 Å². The Hall–Kier alpha value is -1.89. The highest BCUT2D eigenvalue weighted by Crippen LogP contribution is 2.07. The molecule has 2 aromatic heterocycles. The number of anilines is 1. The van der Waals surface area contributed by atoms with Crippen molar-refractivity contribution in [2.24, 2.45) is 5.73 Å². The van der Waals surface area contributed by atoms with Crippen LogP contribution >= 0.6 is 0 Å². The number of aryl methyl sites for hydroxylation is 1. The monoisotopic (exact) mass is 209 g/mol. The molecule has 7 nitrogen and oxygen atoms in total. The third kappa shape index (κ3) is 2.32. The molecule has 0 aromatic carbocycles. The molecule has 0 aliphatic heterocycles. The van der Waals surface area contributed by atoms with Gasteiger partial charge in [-0.15, -0.1) is 5.10 Å². The number of hydrogen-bond donors (Lipinski definition) is 2. The van der Waals surface area contributed by atoms with Gasteiger partial charge in [-0.25, -0.2) is 4.98 Å². The van der Waals surface area contributed by atoms with Gasteiger partial charge in [-0.3, -0.25) is 0 Å². The molecule has 2 rings (SSSR count). The van der Waals surface area contributed by atoms with Crippen LogP contribution in [0.4, 0.5) is 6.01 Å². The van der Waals surface area contributed by atoms with Crippen LogP contribution in [0.15, 0.2) is 15.0 Å². The van der Waals surface area contributed by atoms with Crippen molar-refractivity contribution < 1.29 is 8.83 Å². The van der Waals surface area contributed by atoms with Crippen molar-refractivity contribution in [1.29, 1.82) is 0 Å². The van der Waals surface area contributed by atoms with Gasteiger partial charge in [-0.1, -0.05) is 5.10 Å². The molecule has 0 saturated carbocycles. The van der Waals surface area contributed by atoms with Gasteiger partial charge in [0, 0.05) is 0 Å². The van der Waals surface area contributed by atoms with E-state index in [0.717, 1.165) is 5.76 Å². The molecule has 0 radical (unpaired) electrons. The lowest BCUT2D eigenvalue weighted by atomic mass is 10.6. The number of nitrogens with zero attached hydrogens (tertiary/aromatic N) is 3. The van der Waals surface area contributed by atoms with E-state index in [1.807, 2.05) is 6.92 Å². The summed E-state index contributed by atoms with van der Waals surface area (Å²) in [6.45, 7) is 2.46. The van der Waals surface area contributed by atoms with E-state index in [1.165, 1.54) is 0 Å². The lowest BCUT2D eigenvalue weighted by Gasteiger charge is -1.95. The first-order valence-electron chi connectivity index (χ1n) is 4.45.